The lowest BCUT2D eigenvalue weighted by atomic mass is 10.1. The molecule has 102 valence electrons. The highest BCUT2D eigenvalue weighted by Crippen LogP contribution is 2.23. The number of aryl methyl sites for hydroxylation is 1. The maximum Gasteiger partial charge on any atom is 0.0412 e. The molecule has 1 aromatic carbocycles. The number of hydrogen-bond donors (Lipinski definition) is 1. The van der Waals surface area contributed by atoms with Crippen LogP contribution in [0.15, 0.2) is 24.3 Å². The third kappa shape index (κ3) is 5.45. The summed E-state index contributed by atoms with van der Waals surface area (Å²) in [6, 6.07) is 9.38. The van der Waals surface area contributed by atoms with Crippen LogP contribution in [0.25, 0.3) is 0 Å². The van der Waals surface area contributed by atoms with Crippen molar-refractivity contribution in [1.82, 2.24) is 5.32 Å². The zero-order valence-corrected chi connectivity index (χ0v) is 13.0. The average molecular weight is 265 g/mol. The predicted octanol–water partition coefficient (Wildman–Crippen LogP) is 4.57. The van der Waals surface area contributed by atoms with E-state index in [0.29, 0.717) is 6.04 Å². The molecule has 0 amide bonds. The first-order chi connectivity index (χ1) is 8.67. The molecule has 0 spiro atoms. The molecule has 2 heteroatoms. The van der Waals surface area contributed by atoms with E-state index in [-0.39, 0.29) is 0 Å². The molecule has 0 aromatic heterocycles. The number of thioether (sulfide) groups is 1. The van der Waals surface area contributed by atoms with Gasteiger partial charge in [-0.3, -0.25) is 0 Å². The SMILES string of the molecule is CCCNC(CSC(C)CC)c1cccc(C)c1. The van der Waals surface area contributed by atoms with E-state index in [4.69, 9.17) is 0 Å². The Kier molecular flexibility index (Phi) is 7.45. The highest BCUT2D eigenvalue weighted by molar-refractivity contribution is 7.99. The minimum absolute atomic E-state index is 0.490. The quantitative estimate of drug-likeness (QED) is 0.739. The number of hydrogen-bond acceptors (Lipinski definition) is 2. The summed E-state index contributed by atoms with van der Waals surface area (Å²) in [5.74, 6) is 1.17. The Hall–Kier alpha value is -0.470. The lowest BCUT2D eigenvalue weighted by Crippen LogP contribution is -2.24. The molecule has 2 atom stereocenters. The molecule has 0 fully saturated rings. The van der Waals surface area contributed by atoms with Crippen LogP contribution in [0.4, 0.5) is 0 Å². The Balaban J connectivity index is 2.65. The first kappa shape index (κ1) is 15.6. The normalized spacial score (nSPS) is 14.4. The standard InChI is InChI=1S/C16H27NS/c1-5-10-17-16(12-18-14(4)6-2)15-9-7-8-13(3)11-15/h7-9,11,14,16-17H,5-6,10,12H2,1-4H3. The summed E-state index contributed by atoms with van der Waals surface area (Å²) in [5, 5.41) is 4.42. The van der Waals surface area contributed by atoms with Crippen LogP contribution in [-0.2, 0) is 0 Å². The molecule has 0 bridgehead atoms. The van der Waals surface area contributed by atoms with Crippen molar-refractivity contribution in [3.05, 3.63) is 35.4 Å². The van der Waals surface area contributed by atoms with Gasteiger partial charge in [-0.1, -0.05) is 50.6 Å². The molecule has 0 saturated carbocycles. The fourth-order valence-electron chi connectivity index (χ4n) is 1.86. The van der Waals surface area contributed by atoms with Crippen molar-refractivity contribution in [2.75, 3.05) is 12.3 Å². The molecule has 0 aliphatic heterocycles. The molecule has 2 unspecified atom stereocenters. The maximum absolute atomic E-state index is 3.67. The van der Waals surface area contributed by atoms with Crippen molar-refractivity contribution in [2.24, 2.45) is 0 Å². The summed E-state index contributed by atoms with van der Waals surface area (Å²) < 4.78 is 0. The van der Waals surface area contributed by atoms with Crippen molar-refractivity contribution < 1.29 is 0 Å². The number of rotatable bonds is 8. The minimum atomic E-state index is 0.490. The van der Waals surface area contributed by atoms with Crippen molar-refractivity contribution in [3.63, 3.8) is 0 Å². The van der Waals surface area contributed by atoms with Crippen LogP contribution in [0.2, 0.25) is 0 Å². The van der Waals surface area contributed by atoms with Crippen LogP contribution in [0.3, 0.4) is 0 Å². The summed E-state index contributed by atoms with van der Waals surface area (Å²) in [6.07, 6.45) is 2.44. The van der Waals surface area contributed by atoms with E-state index in [1.54, 1.807) is 0 Å². The van der Waals surface area contributed by atoms with Gasteiger partial charge in [0.25, 0.3) is 0 Å². The topological polar surface area (TPSA) is 12.0 Å². The Morgan fingerprint density at radius 2 is 2.06 bits per heavy atom. The lowest BCUT2D eigenvalue weighted by Gasteiger charge is -2.21. The lowest BCUT2D eigenvalue weighted by molar-refractivity contribution is 0.576. The van der Waals surface area contributed by atoms with E-state index < -0.39 is 0 Å². The molecule has 1 rings (SSSR count). The summed E-state index contributed by atoms with van der Waals surface area (Å²) in [5.41, 5.74) is 2.78. The van der Waals surface area contributed by atoms with Crippen molar-refractivity contribution in [1.29, 1.82) is 0 Å². The van der Waals surface area contributed by atoms with Gasteiger partial charge in [-0.05, 0) is 31.9 Å². The van der Waals surface area contributed by atoms with E-state index in [1.807, 2.05) is 0 Å². The first-order valence-corrected chi connectivity index (χ1v) is 8.13. The highest BCUT2D eigenvalue weighted by Gasteiger charge is 2.12. The largest absolute Gasteiger partial charge is 0.309 e. The predicted molar refractivity (Wildman–Crippen MR) is 84.4 cm³/mol. The van der Waals surface area contributed by atoms with Gasteiger partial charge in [0.15, 0.2) is 0 Å². The molecule has 1 nitrogen and oxygen atoms in total. The van der Waals surface area contributed by atoms with Crippen LogP contribution in [0.5, 0.6) is 0 Å². The molecule has 1 aromatic rings. The highest BCUT2D eigenvalue weighted by atomic mass is 32.2. The zero-order chi connectivity index (χ0) is 13.4. The molecular weight excluding hydrogens is 238 g/mol. The fraction of sp³-hybridized carbons (Fsp3) is 0.625. The molecule has 18 heavy (non-hydrogen) atoms. The number of benzene rings is 1. The van der Waals surface area contributed by atoms with Gasteiger partial charge in [-0.2, -0.15) is 11.8 Å². The molecule has 0 heterocycles. The van der Waals surface area contributed by atoms with Crippen LogP contribution in [-0.4, -0.2) is 17.5 Å². The van der Waals surface area contributed by atoms with Crippen molar-refractivity contribution in [3.8, 4) is 0 Å². The Morgan fingerprint density at radius 3 is 2.67 bits per heavy atom. The van der Waals surface area contributed by atoms with Gasteiger partial charge in [-0.25, -0.2) is 0 Å². The Morgan fingerprint density at radius 1 is 1.28 bits per heavy atom. The summed E-state index contributed by atoms with van der Waals surface area (Å²) >= 11 is 2.07. The maximum atomic E-state index is 3.67. The van der Waals surface area contributed by atoms with Crippen LogP contribution in [0, 0.1) is 6.92 Å². The zero-order valence-electron chi connectivity index (χ0n) is 12.2. The third-order valence-electron chi connectivity index (χ3n) is 3.21. The third-order valence-corrected chi connectivity index (χ3v) is 4.64. The summed E-state index contributed by atoms with van der Waals surface area (Å²) in [6.45, 7) is 10.1. The van der Waals surface area contributed by atoms with Gasteiger partial charge in [0.1, 0.15) is 0 Å². The smallest absolute Gasteiger partial charge is 0.0412 e. The van der Waals surface area contributed by atoms with Crippen LogP contribution in [0.1, 0.15) is 50.8 Å². The summed E-state index contributed by atoms with van der Waals surface area (Å²) in [7, 11) is 0. The molecule has 0 aliphatic carbocycles. The van der Waals surface area contributed by atoms with Gasteiger partial charge in [0.2, 0.25) is 0 Å². The van der Waals surface area contributed by atoms with Gasteiger partial charge < -0.3 is 5.32 Å². The van der Waals surface area contributed by atoms with Crippen LogP contribution >= 0.6 is 11.8 Å². The second-order valence-corrected chi connectivity index (χ2v) is 6.44. The molecule has 0 aliphatic rings. The van der Waals surface area contributed by atoms with Crippen molar-refractivity contribution in [2.45, 2.75) is 51.8 Å². The molecule has 0 radical (unpaired) electrons. The van der Waals surface area contributed by atoms with Crippen molar-refractivity contribution >= 4 is 11.8 Å². The second kappa shape index (κ2) is 8.60. The van der Waals surface area contributed by atoms with Gasteiger partial charge in [0.05, 0.1) is 0 Å². The molecule has 1 N–H and O–H groups in total. The van der Waals surface area contributed by atoms with Gasteiger partial charge in [-0.15, -0.1) is 0 Å². The van der Waals surface area contributed by atoms with E-state index in [9.17, 15) is 0 Å². The van der Waals surface area contributed by atoms with Crippen LogP contribution < -0.4 is 5.32 Å². The Labute approximate surface area is 117 Å². The Bertz CT molecular complexity index is 338. The fourth-order valence-corrected chi connectivity index (χ4v) is 2.92. The summed E-state index contributed by atoms with van der Waals surface area (Å²) in [4.78, 5) is 0. The first-order valence-electron chi connectivity index (χ1n) is 7.08. The monoisotopic (exact) mass is 265 g/mol. The van der Waals surface area contributed by atoms with E-state index in [2.05, 4.69) is 69.0 Å². The van der Waals surface area contributed by atoms with Gasteiger partial charge >= 0.3 is 0 Å². The van der Waals surface area contributed by atoms with Gasteiger partial charge in [0, 0.05) is 17.0 Å². The second-order valence-electron chi connectivity index (χ2n) is 4.97. The molecule has 0 saturated heterocycles. The van der Waals surface area contributed by atoms with E-state index in [1.165, 1.54) is 29.7 Å². The average Bonchev–Trinajstić information content (AvgIpc) is 2.38. The van der Waals surface area contributed by atoms with E-state index in [0.717, 1.165) is 11.8 Å². The molecular formula is C16H27NS. The minimum Gasteiger partial charge on any atom is -0.309 e. The van der Waals surface area contributed by atoms with E-state index >= 15 is 0 Å². The number of nitrogens with one attached hydrogen (secondary N) is 1.